The Morgan fingerprint density at radius 2 is 1.70 bits per heavy atom. The van der Waals surface area contributed by atoms with Gasteiger partial charge in [-0.2, -0.15) is 0 Å². The average molecular weight is 318 g/mol. The number of piperazine rings is 1. The van der Waals surface area contributed by atoms with Gasteiger partial charge < -0.3 is 19.5 Å². The van der Waals surface area contributed by atoms with Gasteiger partial charge in [-0.05, 0) is 25.7 Å². The zero-order valence-electron chi connectivity index (χ0n) is 14.0. The Bertz CT molecular complexity index is 545. The van der Waals surface area contributed by atoms with Gasteiger partial charge in [-0.1, -0.05) is 0 Å². The number of benzene rings is 1. The molecule has 3 heterocycles. The molecule has 0 unspecified atom stereocenters. The third-order valence-electron chi connectivity index (χ3n) is 5.10. The van der Waals surface area contributed by atoms with Gasteiger partial charge in [0.1, 0.15) is 5.75 Å². The van der Waals surface area contributed by atoms with E-state index in [1.54, 1.807) is 7.11 Å². The van der Waals surface area contributed by atoms with E-state index in [1.165, 1.54) is 16.7 Å². The zero-order chi connectivity index (χ0) is 15.6. The van der Waals surface area contributed by atoms with Crippen LogP contribution >= 0.6 is 0 Å². The molecular formula is C18H26N2O3. The lowest BCUT2D eigenvalue weighted by Crippen LogP contribution is -2.43. The molecule has 4 rings (SSSR count). The molecule has 0 radical (unpaired) electrons. The van der Waals surface area contributed by atoms with E-state index in [4.69, 9.17) is 14.2 Å². The molecule has 0 amide bonds. The molecule has 0 bridgehead atoms. The molecule has 1 fully saturated rings. The summed E-state index contributed by atoms with van der Waals surface area (Å²) in [5.74, 6) is 2.97. The predicted molar refractivity (Wildman–Crippen MR) is 88.8 cm³/mol. The van der Waals surface area contributed by atoms with Crippen molar-refractivity contribution >= 4 is 0 Å². The fourth-order valence-electron chi connectivity index (χ4n) is 3.97. The molecule has 0 aliphatic carbocycles. The summed E-state index contributed by atoms with van der Waals surface area (Å²) in [7, 11) is 1.75. The van der Waals surface area contributed by atoms with Crippen molar-refractivity contribution in [2.24, 2.45) is 0 Å². The summed E-state index contributed by atoms with van der Waals surface area (Å²) in [6.07, 6.45) is 4.20. The summed E-state index contributed by atoms with van der Waals surface area (Å²) in [5.41, 5.74) is 3.87. The van der Waals surface area contributed by atoms with E-state index >= 15 is 0 Å². The topological polar surface area (TPSA) is 43.0 Å². The number of nitrogens with one attached hydrogen (secondary N) is 1. The van der Waals surface area contributed by atoms with Crippen molar-refractivity contribution < 1.29 is 14.2 Å². The summed E-state index contributed by atoms with van der Waals surface area (Å²) in [4.78, 5) is 2.52. The zero-order valence-corrected chi connectivity index (χ0v) is 14.0. The lowest BCUT2D eigenvalue weighted by molar-refractivity contribution is 0.216. The average Bonchev–Trinajstić information content (AvgIpc) is 2.62. The third kappa shape index (κ3) is 2.76. The van der Waals surface area contributed by atoms with E-state index in [1.807, 2.05) is 0 Å². The molecule has 0 spiro atoms. The summed E-state index contributed by atoms with van der Waals surface area (Å²) in [6, 6.07) is 0. The summed E-state index contributed by atoms with van der Waals surface area (Å²) in [6.45, 7) is 6.88. The minimum absolute atomic E-state index is 0.788. The van der Waals surface area contributed by atoms with Crippen molar-refractivity contribution in [1.82, 2.24) is 10.2 Å². The summed E-state index contributed by atoms with van der Waals surface area (Å²) >= 11 is 0. The molecule has 0 atom stereocenters. The number of nitrogens with zero attached hydrogens (tertiary/aromatic N) is 1. The second-order valence-electron chi connectivity index (χ2n) is 6.56. The van der Waals surface area contributed by atoms with E-state index in [2.05, 4.69) is 10.2 Å². The van der Waals surface area contributed by atoms with Crippen LogP contribution in [0, 0.1) is 0 Å². The lowest BCUT2D eigenvalue weighted by atomic mass is 9.91. The monoisotopic (exact) mass is 318 g/mol. The van der Waals surface area contributed by atoms with Crippen LogP contribution in [0.4, 0.5) is 0 Å². The maximum absolute atomic E-state index is 6.13. The number of fused-ring (bicyclic) bond motifs is 2. The predicted octanol–water partition coefficient (Wildman–Crippen LogP) is 1.75. The second kappa shape index (κ2) is 6.57. The maximum atomic E-state index is 6.13. The van der Waals surface area contributed by atoms with Crippen LogP contribution in [-0.2, 0) is 19.4 Å². The minimum atomic E-state index is 0.788. The normalized spacial score (nSPS) is 20.9. The van der Waals surface area contributed by atoms with E-state index in [-0.39, 0.29) is 0 Å². The first-order valence-corrected chi connectivity index (χ1v) is 8.81. The largest absolute Gasteiger partial charge is 0.493 e. The number of methoxy groups -OCH3 is 1. The smallest absolute Gasteiger partial charge is 0.167 e. The van der Waals surface area contributed by atoms with E-state index in [9.17, 15) is 0 Å². The molecule has 1 saturated heterocycles. The summed E-state index contributed by atoms with van der Waals surface area (Å²) < 4.78 is 17.9. The second-order valence-corrected chi connectivity index (χ2v) is 6.56. The molecular weight excluding hydrogens is 292 g/mol. The Balaban J connectivity index is 1.79. The van der Waals surface area contributed by atoms with Crippen LogP contribution in [0.5, 0.6) is 17.2 Å². The van der Waals surface area contributed by atoms with E-state index < -0.39 is 0 Å². The molecule has 1 aromatic carbocycles. The van der Waals surface area contributed by atoms with Gasteiger partial charge in [0.15, 0.2) is 11.5 Å². The van der Waals surface area contributed by atoms with Crippen LogP contribution in [0.1, 0.15) is 29.5 Å². The van der Waals surface area contributed by atoms with Crippen molar-refractivity contribution in [2.75, 3.05) is 46.5 Å². The molecule has 23 heavy (non-hydrogen) atoms. The van der Waals surface area contributed by atoms with Crippen LogP contribution in [0.3, 0.4) is 0 Å². The van der Waals surface area contributed by atoms with Gasteiger partial charge in [0, 0.05) is 49.4 Å². The minimum Gasteiger partial charge on any atom is -0.493 e. The van der Waals surface area contributed by atoms with Crippen LogP contribution in [0.25, 0.3) is 0 Å². The van der Waals surface area contributed by atoms with Crippen molar-refractivity contribution in [3.8, 4) is 17.2 Å². The quantitative estimate of drug-likeness (QED) is 0.920. The van der Waals surface area contributed by atoms with Gasteiger partial charge in [0.25, 0.3) is 0 Å². The lowest BCUT2D eigenvalue weighted by Gasteiger charge is -2.33. The van der Waals surface area contributed by atoms with Gasteiger partial charge in [0.2, 0.25) is 0 Å². The molecule has 126 valence electrons. The highest BCUT2D eigenvalue weighted by atomic mass is 16.5. The van der Waals surface area contributed by atoms with Gasteiger partial charge in [-0.25, -0.2) is 0 Å². The maximum Gasteiger partial charge on any atom is 0.167 e. The number of hydrogen-bond donors (Lipinski definition) is 1. The van der Waals surface area contributed by atoms with Crippen molar-refractivity contribution in [3.63, 3.8) is 0 Å². The Morgan fingerprint density at radius 1 is 1.00 bits per heavy atom. The number of rotatable bonds is 3. The van der Waals surface area contributed by atoms with Gasteiger partial charge in [0.05, 0.1) is 20.3 Å². The molecule has 1 N–H and O–H groups in total. The first-order valence-electron chi connectivity index (χ1n) is 8.81. The highest BCUT2D eigenvalue weighted by Gasteiger charge is 2.30. The fourth-order valence-corrected chi connectivity index (χ4v) is 3.97. The van der Waals surface area contributed by atoms with Crippen molar-refractivity contribution in [3.05, 3.63) is 16.7 Å². The highest BCUT2D eigenvalue weighted by Crippen LogP contribution is 2.48. The number of ether oxygens (including phenoxy) is 3. The molecule has 5 nitrogen and oxygen atoms in total. The SMILES string of the molecule is COc1c2c(c(CN3CCNCC3)c3c1OCCC3)OCCC2. The van der Waals surface area contributed by atoms with Crippen molar-refractivity contribution in [2.45, 2.75) is 32.2 Å². The fraction of sp³-hybridized carbons (Fsp3) is 0.667. The highest BCUT2D eigenvalue weighted by molar-refractivity contribution is 5.64. The number of hydrogen-bond acceptors (Lipinski definition) is 5. The van der Waals surface area contributed by atoms with Crippen LogP contribution < -0.4 is 19.5 Å². The van der Waals surface area contributed by atoms with Gasteiger partial charge >= 0.3 is 0 Å². The Hall–Kier alpha value is -1.46. The molecule has 1 aromatic rings. The molecule has 0 saturated carbocycles. The van der Waals surface area contributed by atoms with E-state index in [0.717, 1.165) is 88.9 Å². The van der Waals surface area contributed by atoms with Crippen LogP contribution in [0.2, 0.25) is 0 Å². The third-order valence-corrected chi connectivity index (χ3v) is 5.10. The first kappa shape index (κ1) is 15.1. The summed E-state index contributed by atoms with van der Waals surface area (Å²) in [5, 5.41) is 3.43. The van der Waals surface area contributed by atoms with Gasteiger partial charge in [-0.3, -0.25) is 4.90 Å². The van der Waals surface area contributed by atoms with Crippen LogP contribution in [-0.4, -0.2) is 51.4 Å². The van der Waals surface area contributed by atoms with E-state index in [0.29, 0.717) is 0 Å². The molecule has 0 aromatic heterocycles. The molecule has 3 aliphatic rings. The Kier molecular flexibility index (Phi) is 4.31. The first-order chi connectivity index (χ1) is 11.4. The molecule has 5 heteroatoms. The van der Waals surface area contributed by atoms with Crippen LogP contribution in [0.15, 0.2) is 0 Å². The Morgan fingerprint density at radius 3 is 2.43 bits per heavy atom. The standard InChI is InChI=1S/C18H26N2O3/c1-21-17-14-5-3-10-22-16(14)15(12-20-8-6-19-7-9-20)13-4-2-11-23-18(13)17/h19H,2-12H2,1H3. The molecule has 3 aliphatic heterocycles. The van der Waals surface area contributed by atoms with Gasteiger partial charge in [-0.15, -0.1) is 0 Å². The van der Waals surface area contributed by atoms with Crippen molar-refractivity contribution in [1.29, 1.82) is 0 Å². The Labute approximate surface area is 137 Å².